The molecule has 4 aromatic rings. The molecule has 0 radical (unpaired) electrons. The van der Waals surface area contributed by atoms with E-state index in [-0.39, 0.29) is 11.3 Å². The number of anilines is 1. The summed E-state index contributed by atoms with van der Waals surface area (Å²) in [5.41, 5.74) is 2.24. The number of carbonyl (C=O) groups excluding carboxylic acids is 1. The molecule has 2 heterocycles. The SMILES string of the molecule is CNC(=O)c1cc(Oc2ccc3nc(NCC(Cl)c4ccccc4)sc3c2)ccn1. The number of hydrogen-bond acceptors (Lipinski definition) is 6. The number of nitrogens with zero attached hydrogens (tertiary/aromatic N) is 2. The third-order valence-electron chi connectivity index (χ3n) is 4.38. The summed E-state index contributed by atoms with van der Waals surface area (Å²) in [7, 11) is 1.56. The number of carbonyl (C=O) groups is 1. The minimum Gasteiger partial charge on any atom is -0.457 e. The van der Waals surface area contributed by atoms with E-state index < -0.39 is 0 Å². The van der Waals surface area contributed by atoms with Crippen LogP contribution in [0.4, 0.5) is 5.13 Å². The van der Waals surface area contributed by atoms with Crippen molar-refractivity contribution in [1.29, 1.82) is 0 Å². The van der Waals surface area contributed by atoms with Gasteiger partial charge in [-0.25, -0.2) is 4.98 Å². The van der Waals surface area contributed by atoms with E-state index in [0.29, 0.717) is 23.7 Å². The Balaban J connectivity index is 1.45. The van der Waals surface area contributed by atoms with E-state index in [4.69, 9.17) is 16.3 Å². The van der Waals surface area contributed by atoms with Crippen molar-refractivity contribution in [1.82, 2.24) is 15.3 Å². The van der Waals surface area contributed by atoms with Gasteiger partial charge in [0, 0.05) is 31.9 Å². The average Bonchev–Trinajstić information content (AvgIpc) is 3.20. The van der Waals surface area contributed by atoms with E-state index in [0.717, 1.165) is 20.9 Å². The van der Waals surface area contributed by atoms with Crippen molar-refractivity contribution >= 4 is 44.2 Å². The van der Waals surface area contributed by atoms with E-state index in [1.54, 1.807) is 25.4 Å². The summed E-state index contributed by atoms with van der Waals surface area (Å²) in [6.45, 7) is 0.577. The minimum atomic E-state index is -0.262. The lowest BCUT2D eigenvalue weighted by Gasteiger charge is -2.09. The van der Waals surface area contributed by atoms with Crippen LogP contribution in [0.1, 0.15) is 21.4 Å². The average molecular weight is 439 g/mol. The van der Waals surface area contributed by atoms with Crippen LogP contribution in [0.25, 0.3) is 10.2 Å². The van der Waals surface area contributed by atoms with Gasteiger partial charge in [-0.1, -0.05) is 41.7 Å². The van der Waals surface area contributed by atoms with E-state index in [1.165, 1.54) is 11.3 Å². The lowest BCUT2D eigenvalue weighted by atomic mass is 10.1. The largest absolute Gasteiger partial charge is 0.457 e. The Morgan fingerprint density at radius 2 is 1.93 bits per heavy atom. The van der Waals surface area contributed by atoms with E-state index in [9.17, 15) is 4.79 Å². The van der Waals surface area contributed by atoms with Crippen LogP contribution < -0.4 is 15.4 Å². The maximum absolute atomic E-state index is 11.7. The van der Waals surface area contributed by atoms with Crippen LogP contribution in [-0.2, 0) is 0 Å². The summed E-state index contributed by atoms with van der Waals surface area (Å²) in [6, 6.07) is 18.9. The molecule has 1 amide bonds. The standard InChI is InChI=1S/C22H19ClN4O2S/c1-24-21(28)19-11-16(9-10-25-19)29-15-7-8-18-20(12-15)30-22(27-18)26-13-17(23)14-5-3-2-4-6-14/h2-12,17H,13H2,1H3,(H,24,28)(H,26,27). The van der Waals surface area contributed by atoms with Crippen molar-refractivity contribution in [2.24, 2.45) is 0 Å². The molecule has 30 heavy (non-hydrogen) atoms. The molecule has 0 saturated heterocycles. The molecule has 0 bridgehead atoms. The number of aromatic nitrogens is 2. The Labute approximate surface area is 182 Å². The van der Waals surface area contributed by atoms with Gasteiger partial charge in [0.2, 0.25) is 0 Å². The predicted octanol–water partition coefficient (Wildman–Crippen LogP) is 5.24. The van der Waals surface area contributed by atoms with Gasteiger partial charge in [0.15, 0.2) is 5.13 Å². The fourth-order valence-electron chi connectivity index (χ4n) is 2.86. The highest BCUT2D eigenvalue weighted by Crippen LogP contribution is 2.32. The van der Waals surface area contributed by atoms with Crippen LogP contribution >= 0.6 is 22.9 Å². The number of amides is 1. The second-order valence-electron chi connectivity index (χ2n) is 6.47. The molecule has 1 atom stereocenters. The first-order chi connectivity index (χ1) is 14.6. The molecule has 0 aliphatic carbocycles. The van der Waals surface area contributed by atoms with Crippen LogP contribution in [0, 0.1) is 0 Å². The first kappa shape index (κ1) is 20.1. The van der Waals surface area contributed by atoms with Crippen molar-refractivity contribution in [3.8, 4) is 11.5 Å². The molecule has 0 fully saturated rings. The van der Waals surface area contributed by atoms with Gasteiger partial charge < -0.3 is 15.4 Å². The van der Waals surface area contributed by atoms with Crippen molar-refractivity contribution in [3.05, 3.63) is 78.1 Å². The molecule has 2 N–H and O–H groups in total. The Kier molecular flexibility index (Phi) is 6.11. The zero-order valence-electron chi connectivity index (χ0n) is 16.1. The smallest absolute Gasteiger partial charge is 0.269 e. The molecule has 0 aliphatic heterocycles. The first-order valence-corrected chi connectivity index (χ1v) is 10.6. The van der Waals surface area contributed by atoms with Crippen molar-refractivity contribution in [3.63, 3.8) is 0 Å². The Morgan fingerprint density at radius 3 is 2.73 bits per heavy atom. The fraction of sp³-hybridized carbons (Fsp3) is 0.136. The highest BCUT2D eigenvalue weighted by atomic mass is 35.5. The summed E-state index contributed by atoms with van der Waals surface area (Å²) < 4.78 is 6.89. The quantitative estimate of drug-likeness (QED) is 0.386. The zero-order valence-corrected chi connectivity index (χ0v) is 17.7. The number of fused-ring (bicyclic) bond motifs is 1. The van der Waals surface area contributed by atoms with Crippen molar-refractivity contribution in [2.75, 3.05) is 18.9 Å². The molecule has 2 aromatic heterocycles. The Morgan fingerprint density at radius 1 is 1.13 bits per heavy atom. The number of rotatable bonds is 7. The Hall–Kier alpha value is -3.16. The molecule has 6 nitrogen and oxygen atoms in total. The molecule has 2 aromatic carbocycles. The van der Waals surface area contributed by atoms with Gasteiger partial charge in [-0.05, 0) is 23.8 Å². The monoisotopic (exact) mass is 438 g/mol. The van der Waals surface area contributed by atoms with Gasteiger partial charge in [0.05, 0.1) is 15.6 Å². The third kappa shape index (κ3) is 4.69. The number of ether oxygens (including phenoxy) is 1. The molecule has 8 heteroatoms. The zero-order chi connectivity index (χ0) is 20.9. The number of nitrogens with one attached hydrogen (secondary N) is 2. The van der Waals surface area contributed by atoms with Crippen molar-refractivity contribution in [2.45, 2.75) is 5.38 Å². The molecule has 0 spiro atoms. The van der Waals surface area contributed by atoms with Crippen LogP contribution in [-0.4, -0.2) is 29.5 Å². The van der Waals surface area contributed by atoms with Gasteiger partial charge in [-0.2, -0.15) is 0 Å². The first-order valence-electron chi connectivity index (χ1n) is 9.32. The van der Waals surface area contributed by atoms with Crippen LogP contribution in [0.5, 0.6) is 11.5 Å². The van der Waals surface area contributed by atoms with Crippen LogP contribution in [0.15, 0.2) is 66.9 Å². The second-order valence-corrected chi connectivity index (χ2v) is 8.02. The topological polar surface area (TPSA) is 76.1 Å². The molecule has 0 saturated carbocycles. The predicted molar refractivity (Wildman–Crippen MR) is 121 cm³/mol. The highest BCUT2D eigenvalue weighted by Gasteiger charge is 2.11. The fourth-order valence-corrected chi connectivity index (χ4v) is 3.99. The molecule has 152 valence electrons. The number of halogens is 1. The molecule has 4 rings (SSSR count). The van der Waals surface area contributed by atoms with E-state index >= 15 is 0 Å². The second kappa shape index (κ2) is 9.11. The van der Waals surface area contributed by atoms with E-state index in [2.05, 4.69) is 20.6 Å². The number of alkyl halides is 1. The Bertz CT molecular complexity index is 1170. The number of thiazole rings is 1. The maximum Gasteiger partial charge on any atom is 0.269 e. The van der Waals surface area contributed by atoms with E-state index in [1.807, 2.05) is 48.5 Å². The molecular weight excluding hydrogens is 420 g/mol. The number of hydrogen-bond donors (Lipinski definition) is 2. The maximum atomic E-state index is 11.7. The van der Waals surface area contributed by atoms with Crippen LogP contribution in [0.3, 0.4) is 0 Å². The number of benzene rings is 2. The third-order valence-corrected chi connectivity index (χ3v) is 5.76. The van der Waals surface area contributed by atoms with Crippen LogP contribution in [0.2, 0.25) is 0 Å². The lowest BCUT2D eigenvalue weighted by Crippen LogP contribution is -2.18. The van der Waals surface area contributed by atoms with Gasteiger partial charge in [-0.3, -0.25) is 9.78 Å². The molecular formula is C22H19ClN4O2S. The summed E-state index contributed by atoms with van der Waals surface area (Å²) >= 11 is 8.01. The summed E-state index contributed by atoms with van der Waals surface area (Å²) in [6.07, 6.45) is 1.54. The minimum absolute atomic E-state index is 0.140. The number of pyridine rings is 1. The highest BCUT2D eigenvalue weighted by molar-refractivity contribution is 7.22. The lowest BCUT2D eigenvalue weighted by molar-refractivity contribution is 0.0958. The van der Waals surface area contributed by atoms with Gasteiger partial charge in [-0.15, -0.1) is 11.6 Å². The van der Waals surface area contributed by atoms with Crippen molar-refractivity contribution < 1.29 is 9.53 Å². The summed E-state index contributed by atoms with van der Waals surface area (Å²) in [5.74, 6) is 0.937. The van der Waals surface area contributed by atoms with Gasteiger partial charge >= 0.3 is 0 Å². The molecule has 0 aliphatic rings. The summed E-state index contributed by atoms with van der Waals surface area (Å²) in [4.78, 5) is 20.4. The van der Waals surface area contributed by atoms with Gasteiger partial charge in [0.25, 0.3) is 5.91 Å². The molecule has 1 unspecified atom stereocenters. The van der Waals surface area contributed by atoms with Gasteiger partial charge in [0.1, 0.15) is 17.2 Å². The normalized spacial score (nSPS) is 11.8. The summed E-state index contributed by atoms with van der Waals surface area (Å²) in [5, 5.41) is 6.52.